The minimum Gasteiger partial charge on any atom is -0.493 e. The maximum Gasteiger partial charge on any atom is 0.244 e. The number of carbonyl (C=O) groups is 1. The van der Waals surface area contributed by atoms with E-state index in [1.165, 1.54) is 12.1 Å². The summed E-state index contributed by atoms with van der Waals surface area (Å²) in [4.78, 5) is 12.0. The van der Waals surface area contributed by atoms with E-state index in [4.69, 9.17) is 14.0 Å². The van der Waals surface area contributed by atoms with Crippen molar-refractivity contribution >= 4 is 12.0 Å². The van der Waals surface area contributed by atoms with E-state index >= 15 is 0 Å². The van der Waals surface area contributed by atoms with Crippen LogP contribution in [0.1, 0.15) is 11.3 Å². The van der Waals surface area contributed by atoms with Gasteiger partial charge in [0, 0.05) is 12.1 Å². The number of nitrogens with one attached hydrogen (secondary N) is 1. The SMILES string of the molecule is COc1ccc(/C=C\C(=O)NCc2cc(-c3ccccc3F)on2)cc1OC. The molecule has 28 heavy (non-hydrogen) atoms. The molecule has 0 aliphatic rings. The molecule has 3 rings (SSSR count). The van der Waals surface area contributed by atoms with Crippen LogP contribution in [0, 0.1) is 5.82 Å². The third-order valence-electron chi connectivity index (χ3n) is 3.98. The minimum absolute atomic E-state index is 0.160. The summed E-state index contributed by atoms with van der Waals surface area (Å²) in [6.45, 7) is 0.160. The minimum atomic E-state index is -0.396. The Hall–Kier alpha value is -3.61. The summed E-state index contributed by atoms with van der Waals surface area (Å²) < 4.78 is 29.3. The largest absolute Gasteiger partial charge is 0.493 e. The first-order valence-corrected chi connectivity index (χ1v) is 8.49. The van der Waals surface area contributed by atoms with Crippen LogP contribution in [0.25, 0.3) is 17.4 Å². The van der Waals surface area contributed by atoms with Crippen LogP contribution in [-0.4, -0.2) is 25.3 Å². The smallest absolute Gasteiger partial charge is 0.244 e. The van der Waals surface area contributed by atoms with Gasteiger partial charge in [0.15, 0.2) is 17.3 Å². The Morgan fingerprint density at radius 1 is 1.14 bits per heavy atom. The molecule has 2 aromatic carbocycles. The van der Waals surface area contributed by atoms with Crippen molar-refractivity contribution in [3.8, 4) is 22.8 Å². The molecular formula is C21H19FN2O4. The predicted octanol–water partition coefficient (Wildman–Crippen LogP) is 3.83. The molecule has 0 unspecified atom stereocenters. The Balaban J connectivity index is 1.59. The van der Waals surface area contributed by atoms with Crippen molar-refractivity contribution in [2.45, 2.75) is 6.54 Å². The standard InChI is InChI=1S/C21H19FN2O4/c1-26-18-9-7-14(11-20(18)27-2)8-10-21(25)23-13-15-12-19(28-24-15)16-5-3-4-6-17(16)22/h3-12H,13H2,1-2H3,(H,23,25)/b10-8-. The van der Waals surface area contributed by atoms with Crippen LogP contribution in [0.4, 0.5) is 4.39 Å². The molecule has 0 saturated heterocycles. The quantitative estimate of drug-likeness (QED) is 0.629. The molecule has 3 aromatic rings. The highest BCUT2D eigenvalue weighted by Gasteiger charge is 2.11. The molecule has 0 saturated carbocycles. The number of amides is 1. The van der Waals surface area contributed by atoms with Crippen molar-refractivity contribution < 1.29 is 23.2 Å². The van der Waals surface area contributed by atoms with E-state index in [-0.39, 0.29) is 12.5 Å². The van der Waals surface area contributed by atoms with Crippen molar-refractivity contribution in [3.63, 3.8) is 0 Å². The number of aromatic nitrogens is 1. The van der Waals surface area contributed by atoms with Crippen molar-refractivity contribution in [1.29, 1.82) is 0 Å². The van der Waals surface area contributed by atoms with E-state index in [1.807, 2.05) is 6.07 Å². The van der Waals surface area contributed by atoms with E-state index < -0.39 is 5.82 Å². The fourth-order valence-corrected chi connectivity index (χ4v) is 2.55. The molecule has 7 heteroatoms. The molecule has 0 aliphatic heterocycles. The van der Waals surface area contributed by atoms with Gasteiger partial charge >= 0.3 is 0 Å². The van der Waals surface area contributed by atoms with Gasteiger partial charge in [0.1, 0.15) is 11.5 Å². The summed E-state index contributed by atoms with van der Waals surface area (Å²) in [5.41, 5.74) is 1.60. The third kappa shape index (κ3) is 4.56. The average molecular weight is 382 g/mol. The lowest BCUT2D eigenvalue weighted by atomic mass is 10.1. The van der Waals surface area contributed by atoms with E-state index in [9.17, 15) is 9.18 Å². The van der Waals surface area contributed by atoms with Crippen LogP contribution in [0.3, 0.4) is 0 Å². The Bertz CT molecular complexity index is 998. The number of nitrogens with zero attached hydrogens (tertiary/aromatic N) is 1. The average Bonchev–Trinajstić information content (AvgIpc) is 3.19. The molecule has 0 fully saturated rings. The third-order valence-corrected chi connectivity index (χ3v) is 3.98. The summed E-state index contributed by atoms with van der Waals surface area (Å²) in [6.07, 6.45) is 3.06. The number of rotatable bonds is 7. The van der Waals surface area contributed by atoms with Gasteiger partial charge in [0.2, 0.25) is 5.91 Å². The first kappa shape index (κ1) is 19.2. The summed E-state index contributed by atoms with van der Waals surface area (Å²) in [5.74, 6) is 0.801. The highest BCUT2D eigenvalue weighted by Crippen LogP contribution is 2.28. The van der Waals surface area contributed by atoms with Crippen molar-refractivity contribution in [2.75, 3.05) is 14.2 Å². The van der Waals surface area contributed by atoms with Crippen LogP contribution in [0.5, 0.6) is 11.5 Å². The molecule has 1 heterocycles. The lowest BCUT2D eigenvalue weighted by Crippen LogP contribution is -2.20. The first-order chi connectivity index (χ1) is 13.6. The van der Waals surface area contributed by atoms with Crippen molar-refractivity contribution in [1.82, 2.24) is 10.5 Å². The van der Waals surface area contributed by atoms with Gasteiger partial charge in [-0.2, -0.15) is 0 Å². The number of methoxy groups -OCH3 is 2. The first-order valence-electron chi connectivity index (χ1n) is 8.49. The number of hydrogen-bond acceptors (Lipinski definition) is 5. The van der Waals surface area contributed by atoms with Gasteiger partial charge in [0.05, 0.1) is 26.3 Å². The Labute approximate surface area is 161 Å². The lowest BCUT2D eigenvalue weighted by molar-refractivity contribution is -0.116. The number of halogens is 1. The molecule has 0 aliphatic carbocycles. The van der Waals surface area contributed by atoms with Gasteiger partial charge in [-0.15, -0.1) is 0 Å². The van der Waals surface area contributed by atoms with Gasteiger partial charge in [-0.25, -0.2) is 4.39 Å². The van der Waals surface area contributed by atoms with E-state index in [0.717, 1.165) is 5.56 Å². The highest BCUT2D eigenvalue weighted by atomic mass is 19.1. The molecule has 1 aromatic heterocycles. The van der Waals surface area contributed by atoms with Gasteiger partial charge in [0.25, 0.3) is 0 Å². The molecular weight excluding hydrogens is 363 g/mol. The zero-order valence-corrected chi connectivity index (χ0v) is 15.4. The highest BCUT2D eigenvalue weighted by molar-refractivity contribution is 5.91. The number of hydrogen-bond donors (Lipinski definition) is 1. The fourth-order valence-electron chi connectivity index (χ4n) is 2.55. The predicted molar refractivity (Wildman–Crippen MR) is 102 cm³/mol. The summed E-state index contributed by atoms with van der Waals surface area (Å²) in [7, 11) is 3.11. The summed E-state index contributed by atoms with van der Waals surface area (Å²) in [6, 6.07) is 13.2. The monoisotopic (exact) mass is 382 g/mol. The zero-order chi connectivity index (χ0) is 19.9. The molecule has 0 atom stereocenters. The second-order valence-corrected chi connectivity index (χ2v) is 5.83. The van der Waals surface area contributed by atoms with Crippen LogP contribution in [0.15, 0.2) is 59.1 Å². The maximum atomic E-state index is 13.8. The van der Waals surface area contributed by atoms with Crippen LogP contribution in [-0.2, 0) is 11.3 Å². The Morgan fingerprint density at radius 3 is 2.68 bits per heavy atom. The number of benzene rings is 2. The molecule has 6 nitrogen and oxygen atoms in total. The summed E-state index contributed by atoms with van der Waals surface area (Å²) >= 11 is 0. The number of ether oxygens (including phenoxy) is 2. The molecule has 0 bridgehead atoms. The summed E-state index contributed by atoms with van der Waals surface area (Å²) in [5, 5.41) is 6.56. The molecule has 144 valence electrons. The molecule has 1 N–H and O–H groups in total. The molecule has 0 radical (unpaired) electrons. The van der Waals surface area contributed by atoms with Gasteiger partial charge in [-0.05, 0) is 35.9 Å². The van der Waals surface area contributed by atoms with E-state index in [0.29, 0.717) is 28.5 Å². The van der Waals surface area contributed by atoms with Gasteiger partial charge < -0.3 is 19.3 Å². The Morgan fingerprint density at radius 2 is 1.93 bits per heavy atom. The lowest BCUT2D eigenvalue weighted by Gasteiger charge is -2.07. The molecule has 1 amide bonds. The van der Waals surface area contributed by atoms with E-state index in [1.54, 1.807) is 56.7 Å². The molecule has 0 spiro atoms. The maximum absolute atomic E-state index is 13.8. The van der Waals surface area contributed by atoms with Gasteiger partial charge in [-0.1, -0.05) is 23.4 Å². The topological polar surface area (TPSA) is 73.6 Å². The normalized spacial score (nSPS) is 10.8. The Kier molecular flexibility index (Phi) is 6.06. The van der Waals surface area contributed by atoms with Gasteiger partial charge in [-0.3, -0.25) is 4.79 Å². The van der Waals surface area contributed by atoms with Crippen molar-refractivity contribution in [3.05, 3.63) is 71.7 Å². The second-order valence-electron chi connectivity index (χ2n) is 5.83. The van der Waals surface area contributed by atoms with Crippen molar-refractivity contribution in [2.24, 2.45) is 0 Å². The van der Waals surface area contributed by atoms with Crippen LogP contribution >= 0.6 is 0 Å². The zero-order valence-electron chi connectivity index (χ0n) is 15.4. The van der Waals surface area contributed by atoms with Crippen LogP contribution in [0.2, 0.25) is 0 Å². The van der Waals surface area contributed by atoms with E-state index in [2.05, 4.69) is 10.5 Å². The fraction of sp³-hybridized carbons (Fsp3) is 0.143. The van der Waals surface area contributed by atoms with Crippen LogP contribution < -0.4 is 14.8 Å². The number of carbonyl (C=O) groups excluding carboxylic acids is 1. The second kappa shape index (κ2) is 8.85.